The first-order valence-corrected chi connectivity index (χ1v) is 5.56. The Morgan fingerprint density at radius 3 is 2.53 bits per heavy atom. The van der Waals surface area contributed by atoms with E-state index in [2.05, 4.69) is 16.7 Å². The van der Waals surface area contributed by atoms with Crippen LogP contribution in [0.25, 0.3) is 0 Å². The number of carbonyl (C=O) groups is 1. The number of carbonyl (C=O) groups excluding carboxylic acids is 1. The van der Waals surface area contributed by atoms with E-state index in [-0.39, 0.29) is 18.0 Å². The molecule has 0 aromatic rings. The Labute approximate surface area is 92.0 Å². The summed E-state index contributed by atoms with van der Waals surface area (Å²) in [6.07, 6.45) is 2.14. The molecule has 2 N–H and O–H groups in total. The molecule has 86 valence electrons. The summed E-state index contributed by atoms with van der Waals surface area (Å²) < 4.78 is 0. The molecule has 15 heavy (non-hydrogen) atoms. The average molecular weight is 211 g/mol. The smallest absolute Gasteiger partial charge is 0.221 e. The quantitative estimate of drug-likeness (QED) is 0.664. The lowest BCUT2D eigenvalue weighted by Crippen LogP contribution is -2.36. The predicted molar refractivity (Wildman–Crippen MR) is 60.2 cm³/mol. The molecule has 0 radical (unpaired) electrons. The number of rotatable bonds is 7. The molecule has 0 aliphatic rings. The Hall–Kier alpha value is -1.08. The zero-order valence-electron chi connectivity index (χ0n) is 9.84. The van der Waals surface area contributed by atoms with Crippen LogP contribution in [0.2, 0.25) is 0 Å². The van der Waals surface area contributed by atoms with Crippen molar-refractivity contribution >= 4 is 5.91 Å². The fourth-order valence-electron chi connectivity index (χ4n) is 1.09. The monoisotopic (exact) mass is 211 g/mol. The Kier molecular flexibility index (Phi) is 7.65. The van der Waals surface area contributed by atoms with Crippen molar-refractivity contribution in [1.82, 2.24) is 10.6 Å². The highest BCUT2D eigenvalue weighted by molar-refractivity contribution is 5.76. The third-order valence-electron chi connectivity index (χ3n) is 2.33. The molecular formula is C11H21N3O. The summed E-state index contributed by atoms with van der Waals surface area (Å²) in [5.74, 6) is 0.0460. The van der Waals surface area contributed by atoms with Gasteiger partial charge < -0.3 is 10.6 Å². The van der Waals surface area contributed by atoms with Gasteiger partial charge in [0.15, 0.2) is 0 Å². The maximum atomic E-state index is 11.3. The number of nitrogens with zero attached hydrogens (tertiary/aromatic N) is 1. The van der Waals surface area contributed by atoms with Crippen LogP contribution in [0.3, 0.4) is 0 Å². The van der Waals surface area contributed by atoms with E-state index in [1.54, 1.807) is 0 Å². The summed E-state index contributed by atoms with van der Waals surface area (Å²) >= 11 is 0. The molecule has 0 rings (SSSR count). The number of amides is 1. The maximum absolute atomic E-state index is 11.3. The van der Waals surface area contributed by atoms with Gasteiger partial charge in [-0.3, -0.25) is 4.79 Å². The number of nitriles is 1. The second-order valence-electron chi connectivity index (χ2n) is 3.67. The molecule has 0 bridgehead atoms. The van der Waals surface area contributed by atoms with E-state index in [1.165, 1.54) is 0 Å². The van der Waals surface area contributed by atoms with E-state index in [1.807, 2.05) is 20.8 Å². The highest BCUT2D eigenvalue weighted by Crippen LogP contribution is 1.91. The Morgan fingerprint density at radius 1 is 1.40 bits per heavy atom. The van der Waals surface area contributed by atoms with Gasteiger partial charge in [-0.2, -0.15) is 5.26 Å². The SMILES string of the molecule is CCC(C)NC(=O)CCNC(C#N)CC. The van der Waals surface area contributed by atoms with Crippen LogP contribution in [0.1, 0.15) is 40.0 Å². The summed E-state index contributed by atoms with van der Waals surface area (Å²) in [7, 11) is 0. The van der Waals surface area contributed by atoms with Crippen molar-refractivity contribution in [2.75, 3.05) is 6.54 Å². The van der Waals surface area contributed by atoms with Crippen LogP contribution >= 0.6 is 0 Å². The lowest BCUT2D eigenvalue weighted by molar-refractivity contribution is -0.121. The van der Waals surface area contributed by atoms with E-state index in [9.17, 15) is 4.79 Å². The summed E-state index contributed by atoms with van der Waals surface area (Å²) in [6.45, 7) is 6.52. The van der Waals surface area contributed by atoms with Gasteiger partial charge in [-0.25, -0.2) is 0 Å². The minimum absolute atomic E-state index is 0.0460. The first-order chi connectivity index (χ1) is 7.13. The summed E-state index contributed by atoms with van der Waals surface area (Å²) in [4.78, 5) is 11.3. The van der Waals surface area contributed by atoms with Gasteiger partial charge in [0.05, 0.1) is 12.1 Å². The van der Waals surface area contributed by atoms with Crippen molar-refractivity contribution in [2.24, 2.45) is 0 Å². The number of nitrogens with one attached hydrogen (secondary N) is 2. The van der Waals surface area contributed by atoms with Gasteiger partial charge in [0.2, 0.25) is 5.91 Å². The molecule has 0 aliphatic heterocycles. The van der Waals surface area contributed by atoms with Crippen LogP contribution in [-0.2, 0) is 4.79 Å². The van der Waals surface area contributed by atoms with Gasteiger partial charge in [0, 0.05) is 19.0 Å². The molecule has 0 saturated heterocycles. The van der Waals surface area contributed by atoms with Gasteiger partial charge in [0.25, 0.3) is 0 Å². The minimum atomic E-state index is -0.138. The average Bonchev–Trinajstić information content (AvgIpc) is 2.24. The molecule has 0 aliphatic carbocycles. The van der Waals surface area contributed by atoms with E-state index < -0.39 is 0 Å². The lowest BCUT2D eigenvalue weighted by Gasteiger charge is -2.12. The second-order valence-corrected chi connectivity index (χ2v) is 3.67. The predicted octanol–water partition coefficient (Wildman–Crippen LogP) is 1.18. The van der Waals surface area contributed by atoms with Crippen LogP contribution in [0.5, 0.6) is 0 Å². The van der Waals surface area contributed by atoms with Crippen molar-refractivity contribution in [3.05, 3.63) is 0 Å². The zero-order valence-corrected chi connectivity index (χ0v) is 9.84. The van der Waals surface area contributed by atoms with Gasteiger partial charge in [0.1, 0.15) is 0 Å². The van der Waals surface area contributed by atoms with Crippen LogP contribution < -0.4 is 10.6 Å². The fraction of sp³-hybridized carbons (Fsp3) is 0.818. The Morgan fingerprint density at radius 2 is 2.07 bits per heavy atom. The van der Waals surface area contributed by atoms with E-state index in [4.69, 9.17) is 5.26 Å². The molecule has 0 heterocycles. The molecule has 1 amide bonds. The fourth-order valence-corrected chi connectivity index (χ4v) is 1.09. The van der Waals surface area contributed by atoms with Gasteiger partial charge in [-0.1, -0.05) is 13.8 Å². The summed E-state index contributed by atoms with van der Waals surface area (Å²) in [6, 6.07) is 2.23. The zero-order chi connectivity index (χ0) is 11.7. The Bertz CT molecular complexity index is 222. The molecule has 0 aromatic carbocycles. The van der Waals surface area contributed by atoms with Crippen LogP contribution in [0.4, 0.5) is 0 Å². The maximum Gasteiger partial charge on any atom is 0.221 e. The first kappa shape index (κ1) is 13.9. The highest BCUT2D eigenvalue weighted by Gasteiger charge is 2.07. The van der Waals surface area contributed by atoms with Crippen LogP contribution in [-0.4, -0.2) is 24.5 Å². The second kappa shape index (κ2) is 8.25. The van der Waals surface area contributed by atoms with E-state index in [0.29, 0.717) is 13.0 Å². The highest BCUT2D eigenvalue weighted by atomic mass is 16.1. The minimum Gasteiger partial charge on any atom is -0.354 e. The van der Waals surface area contributed by atoms with Gasteiger partial charge in [-0.05, 0) is 19.8 Å². The molecule has 0 fully saturated rings. The van der Waals surface area contributed by atoms with Crippen LogP contribution in [0.15, 0.2) is 0 Å². The number of hydrogen-bond donors (Lipinski definition) is 2. The summed E-state index contributed by atoms with van der Waals surface area (Å²) in [5.41, 5.74) is 0. The summed E-state index contributed by atoms with van der Waals surface area (Å²) in [5, 5.41) is 14.6. The molecule has 2 atom stereocenters. The first-order valence-electron chi connectivity index (χ1n) is 5.56. The molecule has 4 nitrogen and oxygen atoms in total. The van der Waals surface area contributed by atoms with Crippen LogP contribution in [0, 0.1) is 11.3 Å². The lowest BCUT2D eigenvalue weighted by atomic mass is 10.2. The molecule has 4 heteroatoms. The molecule has 0 saturated carbocycles. The van der Waals surface area contributed by atoms with E-state index in [0.717, 1.165) is 12.8 Å². The van der Waals surface area contributed by atoms with Gasteiger partial charge >= 0.3 is 0 Å². The molecule has 2 unspecified atom stereocenters. The van der Waals surface area contributed by atoms with E-state index >= 15 is 0 Å². The standard InChI is InChI=1S/C11H21N3O/c1-4-9(3)14-11(15)6-7-13-10(5-2)8-12/h9-10,13H,4-7H2,1-3H3,(H,14,15). The molecular weight excluding hydrogens is 190 g/mol. The van der Waals surface area contributed by atoms with Crippen molar-refractivity contribution in [1.29, 1.82) is 5.26 Å². The largest absolute Gasteiger partial charge is 0.354 e. The van der Waals surface area contributed by atoms with Crippen molar-refractivity contribution < 1.29 is 4.79 Å². The topological polar surface area (TPSA) is 64.9 Å². The third kappa shape index (κ3) is 6.92. The Balaban J connectivity index is 3.59. The number of hydrogen-bond acceptors (Lipinski definition) is 3. The normalized spacial score (nSPS) is 14.0. The third-order valence-corrected chi connectivity index (χ3v) is 2.33. The van der Waals surface area contributed by atoms with Gasteiger partial charge in [-0.15, -0.1) is 0 Å². The van der Waals surface area contributed by atoms with Crippen molar-refractivity contribution in [2.45, 2.75) is 52.1 Å². The van der Waals surface area contributed by atoms with Crippen molar-refractivity contribution in [3.63, 3.8) is 0 Å². The molecule has 0 aromatic heterocycles. The van der Waals surface area contributed by atoms with Crippen molar-refractivity contribution in [3.8, 4) is 6.07 Å². The molecule has 0 spiro atoms.